The number of fused-ring (bicyclic) bond motifs is 1. The van der Waals surface area contributed by atoms with Gasteiger partial charge in [0.05, 0.1) is 12.6 Å². The van der Waals surface area contributed by atoms with Crippen LogP contribution in [0.25, 0.3) is 21.5 Å². The van der Waals surface area contributed by atoms with Crippen LogP contribution in [0, 0.1) is 6.92 Å². The lowest BCUT2D eigenvalue weighted by molar-refractivity contribution is 0.0596. The third-order valence-corrected chi connectivity index (χ3v) is 4.80. The fraction of sp³-hybridized carbons (Fsp3) is 0.368. The van der Waals surface area contributed by atoms with E-state index in [1.54, 1.807) is 25.5 Å². The summed E-state index contributed by atoms with van der Waals surface area (Å²) in [5.41, 5.74) is 2.10. The molecule has 0 aliphatic carbocycles. The van der Waals surface area contributed by atoms with Gasteiger partial charge in [-0.05, 0) is 45.4 Å². The molecule has 28 heavy (non-hydrogen) atoms. The minimum atomic E-state index is -0.661. The van der Waals surface area contributed by atoms with E-state index in [-0.39, 0.29) is 10.7 Å². The SMILES string of the molecule is COC(=O)c1nc(-c2cc(C)c3nn(C)cc3c2)sc1NC(=O)OC(C)(C)C. The van der Waals surface area contributed by atoms with Gasteiger partial charge in [-0.25, -0.2) is 14.6 Å². The molecule has 0 spiro atoms. The van der Waals surface area contributed by atoms with E-state index in [0.29, 0.717) is 5.01 Å². The first kappa shape index (κ1) is 19.8. The van der Waals surface area contributed by atoms with Crippen LogP contribution in [-0.2, 0) is 16.5 Å². The predicted molar refractivity (Wildman–Crippen MR) is 108 cm³/mol. The second kappa shape index (κ2) is 7.23. The lowest BCUT2D eigenvalue weighted by Gasteiger charge is -2.19. The smallest absolute Gasteiger partial charge is 0.412 e. The fourth-order valence-electron chi connectivity index (χ4n) is 2.71. The van der Waals surface area contributed by atoms with E-state index in [2.05, 4.69) is 15.4 Å². The summed E-state index contributed by atoms with van der Waals surface area (Å²) in [6.45, 7) is 7.25. The van der Waals surface area contributed by atoms with E-state index in [1.807, 2.05) is 32.3 Å². The Kier molecular flexibility index (Phi) is 5.12. The molecule has 2 heterocycles. The molecule has 0 aliphatic heterocycles. The summed E-state index contributed by atoms with van der Waals surface area (Å²) in [5, 5.41) is 8.87. The fourth-order valence-corrected chi connectivity index (χ4v) is 3.64. The Morgan fingerprint density at radius 3 is 2.61 bits per heavy atom. The highest BCUT2D eigenvalue weighted by molar-refractivity contribution is 7.19. The van der Waals surface area contributed by atoms with Crippen molar-refractivity contribution in [2.24, 2.45) is 7.05 Å². The Bertz CT molecular complexity index is 1060. The van der Waals surface area contributed by atoms with Crippen LogP contribution in [0.1, 0.15) is 36.8 Å². The minimum absolute atomic E-state index is 0.0392. The van der Waals surface area contributed by atoms with Gasteiger partial charge in [0.15, 0.2) is 5.69 Å². The van der Waals surface area contributed by atoms with Crippen molar-refractivity contribution in [3.05, 3.63) is 29.6 Å². The van der Waals surface area contributed by atoms with Crippen LogP contribution < -0.4 is 5.32 Å². The van der Waals surface area contributed by atoms with Crippen LogP contribution in [0.15, 0.2) is 18.3 Å². The zero-order valence-electron chi connectivity index (χ0n) is 16.6. The van der Waals surface area contributed by atoms with E-state index < -0.39 is 17.7 Å². The van der Waals surface area contributed by atoms with Gasteiger partial charge in [0, 0.05) is 24.2 Å². The van der Waals surface area contributed by atoms with Gasteiger partial charge in [0.2, 0.25) is 0 Å². The maximum Gasteiger partial charge on any atom is 0.412 e. The molecule has 3 aromatic rings. The summed E-state index contributed by atoms with van der Waals surface area (Å²) in [4.78, 5) is 28.7. The van der Waals surface area contributed by atoms with E-state index in [0.717, 1.165) is 22.0 Å². The number of methoxy groups -OCH3 is 1. The number of thiazole rings is 1. The number of benzene rings is 1. The van der Waals surface area contributed by atoms with Gasteiger partial charge in [-0.1, -0.05) is 11.3 Å². The lowest BCUT2D eigenvalue weighted by atomic mass is 10.1. The van der Waals surface area contributed by atoms with Crippen LogP contribution in [0.2, 0.25) is 0 Å². The number of hydrogen-bond acceptors (Lipinski definition) is 7. The Morgan fingerprint density at radius 1 is 1.25 bits per heavy atom. The average Bonchev–Trinajstić information content (AvgIpc) is 3.15. The normalized spacial score (nSPS) is 11.5. The van der Waals surface area contributed by atoms with Crippen molar-refractivity contribution in [3.63, 3.8) is 0 Å². The van der Waals surface area contributed by atoms with Gasteiger partial charge in [0.1, 0.15) is 15.6 Å². The summed E-state index contributed by atoms with van der Waals surface area (Å²) < 4.78 is 11.8. The van der Waals surface area contributed by atoms with Crippen LogP contribution >= 0.6 is 11.3 Å². The molecule has 1 N–H and O–H groups in total. The molecule has 0 fully saturated rings. The Labute approximate surface area is 166 Å². The number of aryl methyl sites for hydroxylation is 2. The first-order valence-electron chi connectivity index (χ1n) is 8.61. The number of carbonyl (C=O) groups excluding carboxylic acids is 2. The third-order valence-electron chi connectivity index (χ3n) is 3.78. The van der Waals surface area contributed by atoms with Crippen molar-refractivity contribution in [3.8, 4) is 10.6 Å². The maximum absolute atomic E-state index is 12.2. The van der Waals surface area contributed by atoms with Crippen molar-refractivity contribution >= 4 is 39.3 Å². The third kappa shape index (κ3) is 4.14. The Morgan fingerprint density at radius 2 is 1.96 bits per heavy atom. The largest absolute Gasteiger partial charge is 0.464 e. The molecule has 0 unspecified atom stereocenters. The van der Waals surface area contributed by atoms with Crippen molar-refractivity contribution in [1.82, 2.24) is 14.8 Å². The molecule has 0 bridgehead atoms. The number of nitrogens with zero attached hydrogens (tertiary/aromatic N) is 3. The molecule has 0 aliphatic rings. The molecule has 9 heteroatoms. The van der Waals surface area contributed by atoms with Crippen LogP contribution in [0.4, 0.5) is 9.80 Å². The van der Waals surface area contributed by atoms with E-state index >= 15 is 0 Å². The number of amides is 1. The quantitative estimate of drug-likeness (QED) is 0.662. The summed E-state index contributed by atoms with van der Waals surface area (Å²) in [6, 6.07) is 3.90. The van der Waals surface area contributed by atoms with Crippen LogP contribution in [-0.4, -0.2) is 39.5 Å². The molecular formula is C19H22N4O4S. The van der Waals surface area contributed by atoms with Crippen LogP contribution in [0.3, 0.4) is 0 Å². The van der Waals surface area contributed by atoms with Gasteiger partial charge >= 0.3 is 12.1 Å². The molecule has 148 valence electrons. The second-order valence-electron chi connectivity index (χ2n) is 7.35. The lowest BCUT2D eigenvalue weighted by Crippen LogP contribution is -2.27. The zero-order valence-corrected chi connectivity index (χ0v) is 17.4. The number of anilines is 1. The van der Waals surface area contributed by atoms with E-state index in [9.17, 15) is 9.59 Å². The summed E-state index contributed by atoms with van der Waals surface area (Å²) in [7, 11) is 3.13. The molecule has 0 radical (unpaired) electrons. The van der Waals surface area contributed by atoms with Crippen molar-refractivity contribution in [2.75, 3.05) is 12.4 Å². The average molecular weight is 402 g/mol. The summed E-state index contributed by atoms with van der Waals surface area (Å²) in [6.07, 6.45) is 1.26. The molecule has 0 saturated heterocycles. The minimum Gasteiger partial charge on any atom is -0.464 e. The van der Waals surface area contributed by atoms with E-state index in [1.165, 1.54) is 18.4 Å². The van der Waals surface area contributed by atoms with Crippen molar-refractivity contribution < 1.29 is 19.1 Å². The molecular weight excluding hydrogens is 380 g/mol. The molecule has 8 nitrogen and oxygen atoms in total. The van der Waals surface area contributed by atoms with Crippen LogP contribution in [0.5, 0.6) is 0 Å². The summed E-state index contributed by atoms with van der Waals surface area (Å²) >= 11 is 1.18. The number of nitrogens with one attached hydrogen (secondary N) is 1. The first-order valence-corrected chi connectivity index (χ1v) is 9.42. The zero-order chi connectivity index (χ0) is 20.6. The molecule has 3 rings (SSSR count). The van der Waals surface area contributed by atoms with Crippen molar-refractivity contribution in [1.29, 1.82) is 0 Å². The van der Waals surface area contributed by atoms with Gasteiger partial charge in [-0.2, -0.15) is 5.10 Å². The number of ether oxygens (including phenoxy) is 2. The second-order valence-corrected chi connectivity index (χ2v) is 8.35. The molecule has 1 amide bonds. The Balaban J connectivity index is 2.02. The Hall–Kier alpha value is -2.94. The highest BCUT2D eigenvalue weighted by Gasteiger charge is 2.24. The molecule has 2 aromatic heterocycles. The monoisotopic (exact) mass is 402 g/mol. The topological polar surface area (TPSA) is 95.3 Å². The molecule has 0 saturated carbocycles. The van der Waals surface area contributed by atoms with Crippen molar-refractivity contribution in [2.45, 2.75) is 33.3 Å². The number of aromatic nitrogens is 3. The number of carbonyl (C=O) groups is 2. The highest BCUT2D eigenvalue weighted by Crippen LogP contribution is 2.35. The summed E-state index contributed by atoms with van der Waals surface area (Å²) in [5.74, 6) is -0.632. The standard InChI is InChI=1S/C19H22N4O4S/c1-10-7-11(8-12-9-23(5)22-13(10)12)15-20-14(17(24)26-6)16(28-15)21-18(25)27-19(2,3)4/h7-9H,1-6H3,(H,21,25). The molecule has 1 aromatic carbocycles. The first-order chi connectivity index (χ1) is 13.1. The van der Waals surface area contributed by atoms with Gasteiger partial charge in [-0.15, -0.1) is 0 Å². The number of esters is 1. The number of hydrogen-bond donors (Lipinski definition) is 1. The van der Waals surface area contributed by atoms with Gasteiger partial charge in [-0.3, -0.25) is 10.00 Å². The van der Waals surface area contributed by atoms with Gasteiger partial charge in [0.25, 0.3) is 0 Å². The van der Waals surface area contributed by atoms with Gasteiger partial charge < -0.3 is 9.47 Å². The predicted octanol–water partition coefficient (Wildman–Crippen LogP) is 4.14. The molecule has 0 atom stereocenters. The maximum atomic E-state index is 12.2. The number of rotatable bonds is 3. The highest BCUT2D eigenvalue weighted by atomic mass is 32.1. The van der Waals surface area contributed by atoms with E-state index in [4.69, 9.17) is 9.47 Å².